The van der Waals surface area contributed by atoms with Crippen molar-refractivity contribution in [2.24, 2.45) is 29.6 Å². The number of rotatable bonds is 3. The first-order valence-corrected chi connectivity index (χ1v) is 11.3. The van der Waals surface area contributed by atoms with Gasteiger partial charge in [-0.1, -0.05) is 41.5 Å². The zero-order valence-electron chi connectivity index (χ0n) is 17.2. The Bertz CT molecular complexity index is 619. The molecular weight excluding hydrogens is 312 g/mol. The van der Waals surface area contributed by atoms with Gasteiger partial charge >= 0.3 is 0 Å². The van der Waals surface area contributed by atoms with E-state index >= 15 is 0 Å². The van der Waals surface area contributed by atoms with Gasteiger partial charge in [0.05, 0.1) is 0 Å². The van der Waals surface area contributed by atoms with Crippen molar-refractivity contribution in [3.8, 4) is 0 Å². The Hall–Kier alpha value is -1.04. The van der Waals surface area contributed by atoms with Crippen molar-refractivity contribution < 1.29 is 0 Å². The van der Waals surface area contributed by atoms with E-state index < -0.39 is 0 Å². The molecule has 0 bridgehead atoms. The highest BCUT2D eigenvalue weighted by atomic mass is 14.5. The second-order valence-electron chi connectivity index (χ2n) is 9.84. The maximum atomic E-state index is 2.47. The van der Waals surface area contributed by atoms with Crippen molar-refractivity contribution in [2.45, 2.75) is 84.5 Å². The molecule has 1 aromatic carbocycles. The number of hydrogen-bond acceptors (Lipinski definition) is 0. The Kier molecular flexibility index (Phi) is 5.58. The molecule has 3 aliphatic carbocycles. The summed E-state index contributed by atoms with van der Waals surface area (Å²) >= 11 is 0. The summed E-state index contributed by atoms with van der Waals surface area (Å²) in [5, 5.41) is 0. The van der Waals surface area contributed by atoms with Crippen LogP contribution in [0, 0.1) is 43.4 Å². The minimum atomic E-state index is 0.831. The third-order valence-electron chi connectivity index (χ3n) is 8.07. The Morgan fingerprint density at radius 1 is 0.808 bits per heavy atom. The number of fused-ring (bicyclic) bond motifs is 3. The smallest absolute Gasteiger partial charge is 0.0159 e. The summed E-state index contributed by atoms with van der Waals surface area (Å²) in [4.78, 5) is 0. The minimum Gasteiger partial charge on any atom is -0.0917 e. The van der Waals surface area contributed by atoms with Gasteiger partial charge in [-0.05, 0) is 120 Å². The largest absolute Gasteiger partial charge is 0.0917 e. The van der Waals surface area contributed by atoms with Gasteiger partial charge in [0.1, 0.15) is 0 Å². The van der Waals surface area contributed by atoms with Gasteiger partial charge in [-0.25, -0.2) is 0 Å². The van der Waals surface area contributed by atoms with E-state index in [9.17, 15) is 0 Å². The van der Waals surface area contributed by atoms with Crippen LogP contribution in [0.25, 0.3) is 0 Å². The molecule has 142 valence electrons. The van der Waals surface area contributed by atoms with Crippen LogP contribution in [0.2, 0.25) is 0 Å². The highest BCUT2D eigenvalue weighted by Crippen LogP contribution is 2.55. The van der Waals surface area contributed by atoms with Gasteiger partial charge in [0.15, 0.2) is 0 Å². The van der Waals surface area contributed by atoms with Crippen LogP contribution in [-0.2, 0) is 0 Å². The molecule has 6 atom stereocenters. The van der Waals surface area contributed by atoms with Crippen molar-refractivity contribution in [1.29, 1.82) is 0 Å². The van der Waals surface area contributed by atoms with Crippen LogP contribution in [0.3, 0.4) is 0 Å². The lowest BCUT2D eigenvalue weighted by molar-refractivity contribution is 0.00710. The third kappa shape index (κ3) is 3.80. The molecule has 3 aliphatic rings. The van der Waals surface area contributed by atoms with E-state index in [-0.39, 0.29) is 0 Å². The van der Waals surface area contributed by atoms with Gasteiger partial charge in [-0.2, -0.15) is 0 Å². The molecule has 0 radical (unpaired) electrons. The average molecular weight is 351 g/mol. The first kappa shape index (κ1) is 18.3. The summed E-state index contributed by atoms with van der Waals surface area (Å²) in [5.74, 6) is 6.00. The van der Waals surface area contributed by atoms with Crippen molar-refractivity contribution in [3.05, 3.63) is 47.0 Å². The second kappa shape index (κ2) is 7.91. The molecule has 3 saturated carbocycles. The van der Waals surface area contributed by atoms with E-state index in [0.29, 0.717) is 0 Å². The predicted octanol–water partition coefficient (Wildman–Crippen LogP) is 7.60. The van der Waals surface area contributed by atoms with Crippen LogP contribution in [0.1, 0.15) is 87.3 Å². The maximum absolute atomic E-state index is 2.47. The van der Waals surface area contributed by atoms with E-state index in [4.69, 9.17) is 0 Å². The standard InChI is InChI=1S/C26H38/c1-4-5-6-20-7-11-25-22(16-20)8-9-23-17-21(10-12-26(23)25)24-14-18(2)13-19(3)15-24/h4-5,13-15,20-23,25-26H,6-12,16-17H2,1-3H3/b5-4+. The van der Waals surface area contributed by atoms with Crippen LogP contribution in [-0.4, -0.2) is 0 Å². The molecule has 0 saturated heterocycles. The molecule has 4 rings (SSSR count). The summed E-state index contributed by atoms with van der Waals surface area (Å²) in [6.07, 6.45) is 18.0. The first-order valence-electron chi connectivity index (χ1n) is 11.3. The Balaban J connectivity index is 1.41. The van der Waals surface area contributed by atoms with Gasteiger partial charge in [0, 0.05) is 0 Å². The van der Waals surface area contributed by atoms with Crippen LogP contribution < -0.4 is 0 Å². The highest BCUT2D eigenvalue weighted by molar-refractivity contribution is 5.31. The SMILES string of the molecule is C/C=C/CC1CCC2C(CCC3CC(c4cc(C)cc(C)c4)CCC32)C1. The van der Waals surface area contributed by atoms with E-state index in [1.54, 1.807) is 5.56 Å². The van der Waals surface area contributed by atoms with E-state index in [2.05, 4.69) is 51.1 Å². The van der Waals surface area contributed by atoms with Gasteiger partial charge in [-0.3, -0.25) is 0 Å². The average Bonchev–Trinajstić information content (AvgIpc) is 2.64. The molecule has 0 aliphatic heterocycles. The van der Waals surface area contributed by atoms with Gasteiger partial charge in [-0.15, -0.1) is 0 Å². The molecule has 1 aromatic rings. The lowest BCUT2D eigenvalue weighted by atomic mass is 9.55. The van der Waals surface area contributed by atoms with Crippen LogP contribution in [0.5, 0.6) is 0 Å². The molecule has 3 fully saturated rings. The molecule has 0 aromatic heterocycles. The summed E-state index contributed by atoms with van der Waals surface area (Å²) < 4.78 is 0. The lowest BCUT2D eigenvalue weighted by Gasteiger charge is -2.51. The van der Waals surface area contributed by atoms with Crippen LogP contribution >= 0.6 is 0 Å². The van der Waals surface area contributed by atoms with Gasteiger partial charge in [0.25, 0.3) is 0 Å². The molecule has 0 spiro atoms. The Morgan fingerprint density at radius 2 is 1.46 bits per heavy atom. The second-order valence-corrected chi connectivity index (χ2v) is 9.84. The molecule has 0 N–H and O–H groups in total. The fourth-order valence-electron chi connectivity index (χ4n) is 6.98. The zero-order valence-corrected chi connectivity index (χ0v) is 17.2. The predicted molar refractivity (Wildman–Crippen MR) is 112 cm³/mol. The Morgan fingerprint density at radius 3 is 2.15 bits per heavy atom. The van der Waals surface area contributed by atoms with Crippen molar-refractivity contribution in [3.63, 3.8) is 0 Å². The number of benzene rings is 1. The van der Waals surface area contributed by atoms with E-state index in [1.165, 1.54) is 68.9 Å². The first-order chi connectivity index (χ1) is 12.6. The molecule has 26 heavy (non-hydrogen) atoms. The summed E-state index contributed by atoms with van der Waals surface area (Å²) in [7, 11) is 0. The molecule has 0 heteroatoms. The number of hydrogen-bond donors (Lipinski definition) is 0. The van der Waals surface area contributed by atoms with E-state index in [0.717, 1.165) is 35.5 Å². The summed E-state index contributed by atoms with van der Waals surface area (Å²) in [5.41, 5.74) is 4.54. The summed E-state index contributed by atoms with van der Waals surface area (Å²) in [6, 6.07) is 7.26. The number of allylic oxidation sites excluding steroid dienone is 2. The third-order valence-corrected chi connectivity index (χ3v) is 8.07. The molecule has 6 unspecified atom stereocenters. The highest BCUT2D eigenvalue weighted by Gasteiger charge is 2.44. The summed E-state index contributed by atoms with van der Waals surface area (Å²) in [6.45, 7) is 6.70. The topological polar surface area (TPSA) is 0 Å². The lowest BCUT2D eigenvalue weighted by Crippen LogP contribution is -2.41. The fourth-order valence-corrected chi connectivity index (χ4v) is 6.98. The van der Waals surface area contributed by atoms with Crippen molar-refractivity contribution in [2.75, 3.05) is 0 Å². The molecular formula is C26H38. The quantitative estimate of drug-likeness (QED) is 0.492. The zero-order chi connectivity index (χ0) is 18.1. The van der Waals surface area contributed by atoms with Crippen LogP contribution in [0.4, 0.5) is 0 Å². The molecule has 0 nitrogen and oxygen atoms in total. The monoisotopic (exact) mass is 350 g/mol. The molecule has 0 heterocycles. The Labute approximate surface area is 161 Å². The minimum absolute atomic E-state index is 0.831. The van der Waals surface area contributed by atoms with Gasteiger partial charge in [0.2, 0.25) is 0 Å². The normalized spacial score (nSPS) is 37.3. The van der Waals surface area contributed by atoms with Gasteiger partial charge < -0.3 is 0 Å². The van der Waals surface area contributed by atoms with Crippen molar-refractivity contribution >= 4 is 0 Å². The van der Waals surface area contributed by atoms with E-state index in [1.807, 2.05) is 0 Å². The number of aryl methyl sites for hydroxylation is 2. The molecule has 0 amide bonds. The maximum Gasteiger partial charge on any atom is -0.0159 e. The van der Waals surface area contributed by atoms with Crippen LogP contribution in [0.15, 0.2) is 30.4 Å². The fraction of sp³-hybridized carbons (Fsp3) is 0.692. The van der Waals surface area contributed by atoms with Crippen molar-refractivity contribution in [1.82, 2.24) is 0 Å².